The fraction of sp³-hybridized carbons (Fsp3) is 0.0500. The van der Waals surface area contributed by atoms with Gasteiger partial charge in [0.05, 0.1) is 0 Å². The molecule has 0 aliphatic rings. The average molecular weight is 335 g/mol. The molecule has 0 heterocycles. The van der Waals surface area contributed by atoms with E-state index in [0.717, 1.165) is 5.75 Å². The third-order valence-electron chi connectivity index (χ3n) is 3.30. The molecular weight excluding hydrogens is 318 g/mol. The fourth-order valence-corrected chi connectivity index (χ4v) is 2.98. The van der Waals surface area contributed by atoms with Gasteiger partial charge < -0.3 is 4.74 Å². The number of amides is 1. The minimum absolute atomic E-state index is 0.493. The molecule has 24 heavy (non-hydrogen) atoms. The lowest BCUT2D eigenvalue weighted by Crippen LogP contribution is -2.16. The lowest BCUT2D eigenvalue weighted by atomic mass is 10.2. The van der Waals surface area contributed by atoms with Crippen LogP contribution in [0.2, 0.25) is 0 Å². The molecule has 4 heteroatoms. The van der Waals surface area contributed by atoms with E-state index in [9.17, 15) is 4.79 Å². The Morgan fingerprint density at radius 2 is 1.46 bits per heavy atom. The molecule has 3 aromatic rings. The zero-order valence-electron chi connectivity index (χ0n) is 13.0. The van der Waals surface area contributed by atoms with Crippen molar-refractivity contribution in [2.24, 2.45) is 0 Å². The molecule has 0 atom stereocenters. The summed E-state index contributed by atoms with van der Waals surface area (Å²) in [4.78, 5) is 13.1. The van der Waals surface area contributed by atoms with Crippen molar-refractivity contribution >= 4 is 23.5 Å². The van der Waals surface area contributed by atoms with Gasteiger partial charge >= 0.3 is 6.09 Å². The minimum atomic E-state index is -0.493. The summed E-state index contributed by atoms with van der Waals surface area (Å²) in [5, 5.41) is 2.72. The van der Waals surface area contributed by atoms with E-state index in [-0.39, 0.29) is 0 Å². The zero-order chi connectivity index (χ0) is 16.6. The van der Waals surface area contributed by atoms with Gasteiger partial charge in [0, 0.05) is 16.3 Å². The number of hydrogen-bond acceptors (Lipinski definition) is 3. The van der Waals surface area contributed by atoms with Gasteiger partial charge in [-0.2, -0.15) is 0 Å². The van der Waals surface area contributed by atoms with E-state index in [2.05, 4.69) is 17.4 Å². The Labute approximate surface area is 145 Å². The van der Waals surface area contributed by atoms with E-state index in [1.165, 1.54) is 10.5 Å². The van der Waals surface area contributed by atoms with Crippen molar-refractivity contribution in [3.8, 4) is 5.75 Å². The minimum Gasteiger partial charge on any atom is -0.410 e. The summed E-state index contributed by atoms with van der Waals surface area (Å²) in [5.74, 6) is 1.41. The van der Waals surface area contributed by atoms with E-state index in [1.807, 2.05) is 60.7 Å². The number of benzene rings is 3. The first-order valence-corrected chi connectivity index (χ1v) is 8.59. The van der Waals surface area contributed by atoms with Crippen LogP contribution in [0.3, 0.4) is 0 Å². The van der Waals surface area contributed by atoms with Crippen LogP contribution in [0, 0.1) is 0 Å². The molecule has 0 unspecified atom stereocenters. The van der Waals surface area contributed by atoms with Crippen molar-refractivity contribution < 1.29 is 9.53 Å². The van der Waals surface area contributed by atoms with Crippen molar-refractivity contribution in [3.63, 3.8) is 0 Å². The first-order valence-electron chi connectivity index (χ1n) is 7.60. The Bertz CT molecular complexity index is 774. The SMILES string of the molecule is O=C(Nc1ccc(CSc2ccccc2)cc1)Oc1ccccc1. The highest BCUT2D eigenvalue weighted by atomic mass is 32.2. The van der Waals surface area contributed by atoms with Crippen LogP contribution in [-0.4, -0.2) is 6.09 Å². The Morgan fingerprint density at radius 3 is 2.12 bits per heavy atom. The van der Waals surface area contributed by atoms with Crippen LogP contribution in [0.4, 0.5) is 10.5 Å². The van der Waals surface area contributed by atoms with Gasteiger partial charge in [0.25, 0.3) is 0 Å². The summed E-state index contributed by atoms with van der Waals surface area (Å²) >= 11 is 1.78. The lowest BCUT2D eigenvalue weighted by molar-refractivity contribution is 0.215. The number of carbonyl (C=O) groups is 1. The quantitative estimate of drug-likeness (QED) is 0.618. The van der Waals surface area contributed by atoms with Gasteiger partial charge in [0.1, 0.15) is 5.75 Å². The molecule has 0 spiro atoms. The topological polar surface area (TPSA) is 38.3 Å². The normalized spacial score (nSPS) is 10.2. The number of anilines is 1. The molecule has 0 aliphatic carbocycles. The molecule has 0 saturated heterocycles. The van der Waals surface area contributed by atoms with E-state index < -0.39 is 6.09 Å². The summed E-state index contributed by atoms with van der Waals surface area (Å²) in [6.07, 6.45) is -0.493. The number of para-hydroxylation sites is 1. The Morgan fingerprint density at radius 1 is 0.833 bits per heavy atom. The van der Waals surface area contributed by atoms with Gasteiger partial charge in [-0.25, -0.2) is 4.79 Å². The molecule has 0 bridgehead atoms. The van der Waals surface area contributed by atoms with Crippen LogP contribution in [0.25, 0.3) is 0 Å². The van der Waals surface area contributed by atoms with Crippen molar-refractivity contribution in [1.82, 2.24) is 0 Å². The predicted molar refractivity (Wildman–Crippen MR) is 98.5 cm³/mol. The molecule has 120 valence electrons. The number of thioether (sulfide) groups is 1. The number of rotatable bonds is 5. The van der Waals surface area contributed by atoms with Crippen LogP contribution in [0.15, 0.2) is 89.8 Å². The molecular formula is C20H17NO2S. The Balaban J connectivity index is 1.51. The first-order chi connectivity index (χ1) is 11.8. The molecule has 3 nitrogen and oxygen atoms in total. The summed E-state index contributed by atoms with van der Waals surface area (Å²) in [7, 11) is 0. The average Bonchev–Trinajstić information content (AvgIpc) is 2.63. The largest absolute Gasteiger partial charge is 0.417 e. The number of ether oxygens (including phenoxy) is 1. The van der Waals surface area contributed by atoms with Crippen LogP contribution < -0.4 is 10.1 Å². The van der Waals surface area contributed by atoms with Crippen molar-refractivity contribution in [2.75, 3.05) is 5.32 Å². The highest BCUT2D eigenvalue weighted by molar-refractivity contribution is 7.98. The molecule has 0 saturated carbocycles. The smallest absolute Gasteiger partial charge is 0.410 e. The van der Waals surface area contributed by atoms with Crippen LogP contribution in [0.5, 0.6) is 5.75 Å². The fourth-order valence-electron chi connectivity index (χ4n) is 2.11. The summed E-state index contributed by atoms with van der Waals surface area (Å²) in [6, 6.07) is 27.1. The van der Waals surface area contributed by atoms with Crippen LogP contribution >= 0.6 is 11.8 Å². The third-order valence-corrected chi connectivity index (χ3v) is 4.39. The maximum atomic E-state index is 11.8. The highest BCUT2D eigenvalue weighted by Crippen LogP contribution is 2.23. The maximum absolute atomic E-state index is 11.8. The van der Waals surface area contributed by atoms with E-state index in [0.29, 0.717) is 11.4 Å². The van der Waals surface area contributed by atoms with E-state index >= 15 is 0 Å². The van der Waals surface area contributed by atoms with Gasteiger partial charge in [0.15, 0.2) is 0 Å². The molecule has 0 radical (unpaired) electrons. The molecule has 0 aliphatic heterocycles. The van der Waals surface area contributed by atoms with Crippen LogP contribution in [0.1, 0.15) is 5.56 Å². The first kappa shape index (κ1) is 16.1. The number of nitrogens with one attached hydrogen (secondary N) is 1. The third kappa shape index (κ3) is 4.89. The van der Waals surface area contributed by atoms with E-state index in [1.54, 1.807) is 23.9 Å². The lowest BCUT2D eigenvalue weighted by Gasteiger charge is -2.07. The predicted octanol–water partition coefficient (Wildman–Crippen LogP) is 5.59. The summed E-state index contributed by atoms with van der Waals surface area (Å²) in [5.41, 5.74) is 1.91. The van der Waals surface area contributed by atoms with Crippen molar-refractivity contribution in [2.45, 2.75) is 10.6 Å². The Hall–Kier alpha value is -2.72. The summed E-state index contributed by atoms with van der Waals surface area (Å²) < 4.78 is 5.20. The van der Waals surface area contributed by atoms with Crippen molar-refractivity contribution in [1.29, 1.82) is 0 Å². The second-order valence-corrected chi connectivity index (χ2v) is 6.17. The molecule has 1 N–H and O–H groups in total. The van der Waals surface area contributed by atoms with Gasteiger partial charge in [-0.3, -0.25) is 5.32 Å². The van der Waals surface area contributed by atoms with Crippen LogP contribution in [-0.2, 0) is 5.75 Å². The zero-order valence-corrected chi connectivity index (χ0v) is 13.8. The molecule has 3 aromatic carbocycles. The van der Waals surface area contributed by atoms with Gasteiger partial charge in [-0.15, -0.1) is 11.8 Å². The standard InChI is InChI=1S/C20H17NO2S/c22-20(23-18-7-3-1-4-8-18)21-17-13-11-16(12-14-17)15-24-19-9-5-2-6-10-19/h1-14H,15H2,(H,21,22). The van der Waals surface area contributed by atoms with Gasteiger partial charge in [0.2, 0.25) is 0 Å². The molecule has 3 rings (SSSR count). The van der Waals surface area contributed by atoms with Crippen molar-refractivity contribution in [3.05, 3.63) is 90.5 Å². The Kier molecular flexibility index (Phi) is 5.53. The van der Waals surface area contributed by atoms with Gasteiger partial charge in [-0.1, -0.05) is 48.5 Å². The summed E-state index contributed by atoms with van der Waals surface area (Å²) in [6.45, 7) is 0. The second kappa shape index (κ2) is 8.22. The number of hydrogen-bond donors (Lipinski definition) is 1. The second-order valence-electron chi connectivity index (χ2n) is 5.13. The van der Waals surface area contributed by atoms with E-state index in [4.69, 9.17) is 4.74 Å². The molecule has 0 fully saturated rings. The monoisotopic (exact) mass is 335 g/mol. The maximum Gasteiger partial charge on any atom is 0.417 e. The number of carbonyl (C=O) groups excluding carboxylic acids is 1. The van der Waals surface area contributed by atoms with Gasteiger partial charge in [-0.05, 0) is 42.0 Å². The molecule has 1 amide bonds. The highest BCUT2D eigenvalue weighted by Gasteiger charge is 2.05. The molecule has 0 aromatic heterocycles.